The topological polar surface area (TPSA) is 64.6 Å². The van der Waals surface area contributed by atoms with Crippen molar-refractivity contribution in [3.05, 3.63) is 54.1 Å². The first kappa shape index (κ1) is 18.2. The van der Waals surface area contributed by atoms with Gasteiger partial charge in [-0.05, 0) is 51.1 Å². The van der Waals surface area contributed by atoms with Crippen molar-refractivity contribution < 1.29 is 18.6 Å². The van der Waals surface area contributed by atoms with Crippen LogP contribution >= 0.6 is 7.52 Å². The molecule has 2 rings (SSSR count). The van der Waals surface area contributed by atoms with E-state index in [0.717, 1.165) is 6.29 Å². The van der Waals surface area contributed by atoms with Gasteiger partial charge in [-0.25, -0.2) is 0 Å². The van der Waals surface area contributed by atoms with E-state index in [1.807, 2.05) is 19.9 Å². The maximum absolute atomic E-state index is 13.2. The molecule has 1 unspecified atom stereocenters. The number of carbonyl (C=O) groups is 1. The van der Waals surface area contributed by atoms with E-state index in [1.54, 1.807) is 49.4 Å². The van der Waals surface area contributed by atoms with Crippen molar-refractivity contribution in [2.75, 3.05) is 11.7 Å². The predicted molar refractivity (Wildman–Crippen MR) is 96.5 cm³/mol. The van der Waals surface area contributed by atoms with Crippen LogP contribution in [0.5, 0.6) is 5.75 Å². The highest BCUT2D eigenvalue weighted by molar-refractivity contribution is 7.68. The zero-order valence-corrected chi connectivity index (χ0v) is 15.0. The molecule has 0 fully saturated rings. The van der Waals surface area contributed by atoms with Gasteiger partial charge in [-0.15, -0.1) is 0 Å². The van der Waals surface area contributed by atoms with Gasteiger partial charge in [0, 0.05) is 5.69 Å². The average Bonchev–Trinajstić information content (AvgIpc) is 2.57. The zero-order chi connectivity index (χ0) is 17.6. The third-order valence-electron chi connectivity index (χ3n) is 3.18. The molecular formula is C18H22NO4P. The molecular weight excluding hydrogens is 325 g/mol. The van der Waals surface area contributed by atoms with Crippen LogP contribution in [-0.4, -0.2) is 19.0 Å². The molecule has 24 heavy (non-hydrogen) atoms. The second-order valence-electron chi connectivity index (χ2n) is 5.45. The molecule has 0 amide bonds. The summed E-state index contributed by atoms with van der Waals surface area (Å²) in [5.74, 6) is 0.497. The Labute approximate surface area is 142 Å². The minimum absolute atomic E-state index is 0.0404. The van der Waals surface area contributed by atoms with E-state index in [9.17, 15) is 9.36 Å². The lowest BCUT2D eigenvalue weighted by atomic mass is 10.2. The Morgan fingerprint density at radius 1 is 1.17 bits per heavy atom. The Morgan fingerprint density at radius 3 is 2.46 bits per heavy atom. The zero-order valence-electron chi connectivity index (χ0n) is 14.1. The normalized spacial score (nSPS) is 13.3. The second kappa shape index (κ2) is 8.13. The van der Waals surface area contributed by atoms with E-state index >= 15 is 0 Å². The highest BCUT2D eigenvalue weighted by Gasteiger charge is 2.25. The SMILES string of the molecule is CCOP(=O)(Nc1ccc(OC(C)C)c(C=O)c1)c1ccccc1. The molecule has 128 valence electrons. The molecule has 0 heterocycles. The summed E-state index contributed by atoms with van der Waals surface area (Å²) in [6, 6.07) is 14.0. The van der Waals surface area contributed by atoms with Crippen LogP contribution in [0.15, 0.2) is 48.5 Å². The molecule has 0 spiro atoms. The summed E-state index contributed by atoms with van der Waals surface area (Å²) in [5.41, 5.74) is 0.929. The van der Waals surface area contributed by atoms with Crippen LogP contribution in [0.25, 0.3) is 0 Å². The van der Waals surface area contributed by atoms with Crippen LogP contribution in [0, 0.1) is 0 Å². The monoisotopic (exact) mass is 347 g/mol. The largest absolute Gasteiger partial charge is 0.490 e. The van der Waals surface area contributed by atoms with Gasteiger partial charge in [0.1, 0.15) is 5.75 Å². The van der Waals surface area contributed by atoms with Gasteiger partial charge in [-0.2, -0.15) is 0 Å². The van der Waals surface area contributed by atoms with Gasteiger partial charge in [-0.1, -0.05) is 18.2 Å². The molecule has 0 bridgehead atoms. The number of rotatable bonds is 8. The van der Waals surface area contributed by atoms with Crippen molar-refractivity contribution in [1.29, 1.82) is 0 Å². The molecule has 0 saturated heterocycles. The summed E-state index contributed by atoms with van der Waals surface area (Å²) in [6.45, 7) is 5.86. The van der Waals surface area contributed by atoms with Crippen LogP contribution in [0.1, 0.15) is 31.1 Å². The first-order valence-corrected chi connectivity index (χ1v) is 9.45. The van der Waals surface area contributed by atoms with Gasteiger partial charge in [0.05, 0.1) is 23.6 Å². The van der Waals surface area contributed by atoms with Crippen LogP contribution in [0.3, 0.4) is 0 Å². The van der Waals surface area contributed by atoms with Crippen LogP contribution in [0.4, 0.5) is 5.69 Å². The number of ether oxygens (including phenoxy) is 1. The molecule has 2 aromatic rings. The Hall–Kier alpha value is -2.10. The fourth-order valence-electron chi connectivity index (χ4n) is 2.22. The third kappa shape index (κ3) is 4.47. The number of anilines is 1. The van der Waals surface area contributed by atoms with Crippen LogP contribution in [-0.2, 0) is 9.09 Å². The molecule has 0 saturated carbocycles. The molecule has 0 aliphatic carbocycles. The van der Waals surface area contributed by atoms with E-state index < -0.39 is 7.52 Å². The molecule has 0 radical (unpaired) electrons. The number of hydrogen-bond acceptors (Lipinski definition) is 4. The highest BCUT2D eigenvalue weighted by atomic mass is 31.2. The van der Waals surface area contributed by atoms with Gasteiger partial charge in [0.15, 0.2) is 6.29 Å². The summed E-state index contributed by atoms with van der Waals surface area (Å²) in [5, 5.41) is 3.52. The van der Waals surface area contributed by atoms with E-state index in [0.29, 0.717) is 28.9 Å². The van der Waals surface area contributed by atoms with E-state index in [4.69, 9.17) is 9.26 Å². The van der Waals surface area contributed by atoms with Crippen LogP contribution < -0.4 is 15.1 Å². The van der Waals surface area contributed by atoms with E-state index in [-0.39, 0.29) is 6.10 Å². The van der Waals surface area contributed by atoms with Crippen molar-refractivity contribution >= 4 is 24.8 Å². The number of carbonyl (C=O) groups excluding carboxylic acids is 1. The minimum atomic E-state index is -3.27. The van der Waals surface area contributed by atoms with Crippen molar-refractivity contribution in [1.82, 2.24) is 0 Å². The Balaban J connectivity index is 2.33. The molecule has 1 atom stereocenters. The quantitative estimate of drug-likeness (QED) is 0.571. The second-order valence-corrected chi connectivity index (χ2v) is 7.55. The Bertz CT molecular complexity index is 731. The number of benzene rings is 2. The summed E-state index contributed by atoms with van der Waals surface area (Å²) in [6.07, 6.45) is 0.679. The highest BCUT2D eigenvalue weighted by Crippen LogP contribution is 2.45. The summed E-state index contributed by atoms with van der Waals surface area (Å²) in [7, 11) is -3.27. The number of nitrogens with one attached hydrogen (secondary N) is 1. The Kier molecular flexibility index (Phi) is 6.18. The summed E-state index contributed by atoms with van der Waals surface area (Å²) in [4.78, 5) is 11.3. The van der Waals surface area contributed by atoms with Gasteiger partial charge in [0.25, 0.3) is 0 Å². The lowest BCUT2D eigenvalue weighted by Gasteiger charge is -2.21. The fraction of sp³-hybridized carbons (Fsp3) is 0.278. The molecule has 1 N–H and O–H groups in total. The fourth-order valence-corrected chi connectivity index (χ4v) is 3.97. The first-order valence-electron chi connectivity index (χ1n) is 7.83. The maximum Gasteiger partial charge on any atom is 0.323 e. The average molecular weight is 347 g/mol. The maximum atomic E-state index is 13.2. The van der Waals surface area contributed by atoms with Crippen molar-refractivity contribution in [3.63, 3.8) is 0 Å². The van der Waals surface area contributed by atoms with Gasteiger partial charge >= 0.3 is 7.52 Å². The number of aldehydes is 1. The van der Waals surface area contributed by atoms with Crippen LogP contribution in [0.2, 0.25) is 0 Å². The molecule has 0 aromatic heterocycles. The van der Waals surface area contributed by atoms with Crippen molar-refractivity contribution in [3.8, 4) is 5.75 Å². The molecule has 6 heteroatoms. The molecule has 2 aromatic carbocycles. The van der Waals surface area contributed by atoms with Crippen molar-refractivity contribution in [2.24, 2.45) is 0 Å². The molecule has 5 nitrogen and oxygen atoms in total. The summed E-state index contributed by atoms with van der Waals surface area (Å²) < 4.78 is 24.3. The molecule has 0 aliphatic rings. The van der Waals surface area contributed by atoms with E-state index in [2.05, 4.69) is 5.09 Å². The Morgan fingerprint density at radius 2 is 1.88 bits per heavy atom. The third-order valence-corrected chi connectivity index (χ3v) is 5.34. The lowest BCUT2D eigenvalue weighted by molar-refractivity contribution is 0.111. The van der Waals surface area contributed by atoms with E-state index in [1.165, 1.54) is 0 Å². The predicted octanol–water partition coefficient (Wildman–Crippen LogP) is 4.25. The lowest BCUT2D eigenvalue weighted by Crippen LogP contribution is -2.14. The first-order chi connectivity index (χ1) is 11.5. The standard InChI is InChI=1S/C18H22NO4P/c1-4-22-24(21,17-8-6-5-7-9-17)19-16-10-11-18(23-14(2)3)15(12-16)13-20/h5-14H,4H2,1-3H3,(H,19,21). The summed E-state index contributed by atoms with van der Waals surface area (Å²) >= 11 is 0. The van der Waals surface area contributed by atoms with Gasteiger partial charge in [-0.3, -0.25) is 9.36 Å². The van der Waals surface area contributed by atoms with Gasteiger partial charge < -0.3 is 14.3 Å². The van der Waals surface area contributed by atoms with Gasteiger partial charge in [0.2, 0.25) is 0 Å². The van der Waals surface area contributed by atoms with Crippen molar-refractivity contribution in [2.45, 2.75) is 26.9 Å². The minimum Gasteiger partial charge on any atom is -0.490 e. The smallest absolute Gasteiger partial charge is 0.323 e. The number of hydrogen-bond donors (Lipinski definition) is 1. The molecule has 0 aliphatic heterocycles.